The van der Waals surface area contributed by atoms with Gasteiger partial charge in [0.25, 0.3) is 0 Å². The molecule has 1 amide bonds. The molecule has 150 valence electrons. The van der Waals surface area contributed by atoms with E-state index in [1.54, 1.807) is 17.0 Å². The number of hydrogen-bond donors (Lipinski definition) is 0. The summed E-state index contributed by atoms with van der Waals surface area (Å²) in [6.07, 6.45) is 0.795. The first-order chi connectivity index (χ1) is 13.1. The third-order valence-corrected chi connectivity index (χ3v) is 5.40. The summed E-state index contributed by atoms with van der Waals surface area (Å²) >= 11 is 0. The minimum Gasteiger partial charge on any atom is -0.444 e. The molecule has 1 aromatic carbocycles. The molecule has 0 aliphatic carbocycles. The number of carbonyl (C=O) groups excluding carboxylic acids is 2. The normalized spacial score (nSPS) is 24.4. The number of hydrogen-bond acceptors (Lipinski definition) is 5. The van der Waals surface area contributed by atoms with Gasteiger partial charge in [-0.25, -0.2) is 4.79 Å². The van der Waals surface area contributed by atoms with Gasteiger partial charge in [0.05, 0.1) is 36.9 Å². The maximum absolute atomic E-state index is 13.3. The van der Waals surface area contributed by atoms with Gasteiger partial charge >= 0.3 is 6.09 Å². The highest BCUT2D eigenvalue weighted by Gasteiger charge is 2.45. The molecule has 6 nitrogen and oxygen atoms in total. The highest BCUT2D eigenvalue weighted by molar-refractivity contribution is 6.00. The van der Waals surface area contributed by atoms with Gasteiger partial charge in [-0.15, -0.1) is 0 Å². The molecule has 0 spiro atoms. The first-order valence-electron chi connectivity index (χ1n) is 9.75. The van der Waals surface area contributed by atoms with Crippen molar-refractivity contribution in [2.75, 3.05) is 13.2 Å². The maximum Gasteiger partial charge on any atom is 0.410 e. The number of morpholine rings is 1. The van der Waals surface area contributed by atoms with E-state index in [0.717, 1.165) is 11.1 Å². The van der Waals surface area contributed by atoms with Crippen molar-refractivity contribution in [3.05, 3.63) is 34.4 Å². The Morgan fingerprint density at radius 1 is 1.14 bits per heavy atom. The van der Waals surface area contributed by atoms with Crippen LogP contribution >= 0.6 is 0 Å². The first kappa shape index (κ1) is 20.3. The van der Waals surface area contributed by atoms with E-state index in [1.807, 2.05) is 34.6 Å². The molecular formula is C22H28N2O4. The fourth-order valence-corrected chi connectivity index (χ4v) is 4.36. The lowest BCUT2D eigenvalue weighted by atomic mass is 9.79. The summed E-state index contributed by atoms with van der Waals surface area (Å²) in [5.41, 5.74) is 2.37. The molecule has 2 unspecified atom stereocenters. The third-order valence-electron chi connectivity index (χ3n) is 5.40. The smallest absolute Gasteiger partial charge is 0.410 e. The number of fused-ring (bicyclic) bond motifs is 2. The Morgan fingerprint density at radius 3 is 2.14 bits per heavy atom. The third kappa shape index (κ3) is 4.05. The first-order valence-corrected chi connectivity index (χ1v) is 9.75. The van der Waals surface area contributed by atoms with Gasteiger partial charge in [0.15, 0.2) is 5.78 Å². The predicted octanol–water partition coefficient (Wildman–Crippen LogP) is 3.77. The van der Waals surface area contributed by atoms with Crippen LogP contribution in [0.15, 0.2) is 12.1 Å². The molecule has 6 heteroatoms. The lowest BCUT2D eigenvalue weighted by Gasteiger charge is -2.48. The van der Waals surface area contributed by atoms with Crippen molar-refractivity contribution < 1.29 is 19.1 Å². The quantitative estimate of drug-likeness (QED) is 0.725. The van der Waals surface area contributed by atoms with Gasteiger partial charge in [-0.1, -0.05) is 0 Å². The van der Waals surface area contributed by atoms with Crippen molar-refractivity contribution in [3.63, 3.8) is 0 Å². The molecule has 2 aliphatic rings. The van der Waals surface area contributed by atoms with Crippen LogP contribution in [-0.2, 0) is 9.47 Å². The molecule has 2 aliphatic heterocycles. The highest BCUT2D eigenvalue weighted by Crippen LogP contribution is 2.35. The molecule has 2 heterocycles. The maximum atomic E-state index is 13.3. The minimum atomic E-state index is -0.560. The molecule has 0 radical (unpaired) electrons. The van der Waals surface area contributed by atoms with Crippen LogP contribution < -0.4 is 0 Å². The number of aryl methyl sites for hydroxylation is 2. The van der Waals surface area contributed by atoms with Gasteiger partial charge in [0.2, 0.25) is 0 Å². The van der Waals surface area contributed by atoms with E-state index in [9.17, 15) is 9.59 Å². The molecule has 0 N–H and O–H groups in total. The highest BCUT2D eigenvalue weighted by atomic mass is 16.6. The number of ether oxygens (including phenoxy) is 2. The van der Waals surface area contributed by atoms with Crippen LogP contribution in [0.1, 0.15) is 60.7 Å². The molecule has 28 heavy (non-hydrogen) atoms. The molecule has 2 bridgehead atoms. The van der Waals surface area contributed by atoms with Crippen LogP contribution in [0.5, 0.6) is 0 Å². The van der Waals surface area contributed by atoms with Gasteiger partial charge < -0.3 is 9.47 Å². The van der Waals surface area contributed by atoms with Gasteiger partial charge in [0, 0.05) is 11.5 Å². The number of piperidine rings is 1. The van der Waals surface area contributed by atoms with E-state index in [-0.39, 0.29) is 29.9 Å². The van der Waals surface area contributed by atoms with Crippen LogP contribution in [0.4, 0.5) is 4.79 Å². The standard InChI is InChI=1S/C22H28N2O4/c1-13-6-15(10-23)7-14(2)19(13)20(25)16-8-17-11-27-12-18(9-16)24(17)21(26)28-22(3,4)5/h6-7,16-18H,8-9,11-12H2,1-5H3. The largest absolute Gasteiger partial charge is 0.444 e. The molecule has 0 aromatic heterocycles. The number of Topliss-reactive ketones (excluding diaryl/α,β-unsaturated/α-hetero) is 1. The van der Waals surface area contributed by atoms with Crippen LogP contribution in [0, 0.1) is 31.1 Å². The average molecular weight is 384 g/mol. The zero-order chi connectivity index (χ0) is 20.6. The van der Waals surface area contributed by atoms with Crippen molar-refractivity contribution in [2.45, 2.75) is 65.1 Å². The number of nitriles is 1. The van der Waals surface area contributed by atoms with Crippen molar-refractivity contribution in [2.24, 2.45) is 5.92 Å². The molecule has 2 atom stereocenters. The number of ketones is 1. The summed E-state index contributed by atoms with van der Waals surface area (Å²) in [6.45, 7) is 10.1. The lowest BCUT2D eigenvalue weighted by Crippen LogP contribution is -2.60. The Bertz CT molecular complexity index is 797. The van der Waals surface area contributed by atoms with Crippen molar-refractivity contribution >= 4 is 11.9 Å². The Morgan fingerprint density at radius 2 is 1.68 bits per heavy atom. The second-order valence-electron chi connectivity index (χ2n) is 8.86. The van der Waals surface area contributed by atoms with Gasteiger partial charge in [-0.2, -0.15) is 5.26 Å². The van der Waals surface area contributed by atoms with E-state index < -0.39 is 5.60 Å². The van der Waals surface area contributed by atoms with E-state index in [0.29, 0.717) is 37.2 Å². The summed E-state index contributed by atoms with van der Waals surface area (Å²) in [6, 6.07) is 5.35. The Balaban J connectivity index is 1.82. The molecule has 2 saturated heterocycles. The number of benzene rings is 1. The molecule has 3 rings (SSSR count). The Hall–Kier alpha value is -2.39. The van der Waals surface area contributed by atoms with Gasteiger partial charge in [-0.05, 0) is 70.7 Å². The van der Waals surface area contributed by atoms with Crippen molar-refractivity contribution in [3.8, 4) is 6.07 Å². The SMILES string of the molecule is Cc1cc(C#N)cc(C)c1C(=O)C1CC2COCC(C1)N2C(=O)OC(C)(C)C. The number of carbonyl (C=O) groups is 2. The fraction of sp³-hybridized carbons (Fsp3) is 0.591. The number of nitrogens with zero attached hydrogens (tertiary/aromatic N) is 2. The summed E-state index contributed by atoms with van der Waals surface area (Å²) in [5.74, 6) is -0.0665. The van der Waals surface area contributed by atoms with E-state index >= 15 is 0 Å². The summed E-state index contributed by atoms with van der Waals surface area (Å²) in [5, 5.41) is 9.14. The second kappa shape index (κ2) is 7.56. The summed E-state index contributed by atoms with van der Waals surface area (Å²) in [7, 11) is 0. The van der Waals surface area contributed by atoms with Crippen LogP contribution in [0.25, 0.3) is 0 Å². The van der Waals surface area contributed by atoms with E-state index in [2.05, 4.69) is 6.07 Å². The van der Waals surface area contributed by atoms with Gasteiger partial charge in [-0.3, -0.25) is 9.69 Å². The van der Waals surface area contributed by atoms with Crippen LogP contribution in [0.3, 0.4) is 0 Å². The Kier molecular flexibility index (Phi) is 5.49. The monoisotopic (exact) mass is 384 g/mol. The minimum absolute atomic E-state index is 0.0974. The molecule has 0 saturated carbocycles. The van der Waals surface area contributed by atoms with E-state index in [1.165, 1.54) is 0 Å². The fourth-order valence-electron chi connectivity index (χ4n) is 4.36. The average Bonchev–Trinajstić information content (AvgIpc) is 2.58. The molecule has 2 fully saturated rings. The number of rotatable bonds is 2. The topological polar surface area (TPSA) is 79.6 Å². The predicted molar refractivity (Wildman–Crippen MR) is 104 cm³/mol. The zero-order valence-corrected chi connectivity index (χ0v) is 17.2. The summed E-state index contributed by atoms with van der Waals surface area (Å²) < 4.78 is 11.2. The number of amides is 1. The van der Waals surface area contributed by atoms with Gasteiger partial charge in [0.1, 0.15) is 5.60 Å². The summed E-state index contributed by atoms with van der Waals surface area (Å²) in [4.78, 5) is 27.8. The van der Waals surface area contributed by atoms with Crippen LogP contribution in [-0.4, -0.2) is 47.7 Å². The zero-order valence-electron chi connectivity index (χ0n) is 17.2. The van der Waals surface area contributed by atoms with Crippen LogP contribution in [0.2, 0.25) is 0 Å². The van der Waals surface area contributed by atoms with Crippen molar-refractivity contribution in [1.82, 2.24) is 4.90 Å². The molecular weight excluding hydrogens is 356 g/mol. The lowest BCUT2D eigenvalue weighted by molar-refractivity contribution is -0.0861. The second-order valence-corrected chi connectivity index (χ2v) is 8.86. The van der Waals surface area contributed by atoms with Crippen molar-refractivity contribution in [1.29, 1.82) is 5.26 Å². The van der Waals surface area contributed by atoms with E-state index in [4.69, 9.17) is 14.7 Å². The molecule has 1 aromatic rings. The Labute approximate surface area is 166 Å².